The Hall–Kier alpha value is -2.55. The van der Waals surface area contributed by atoms with E-state index in [9.17, 15) is 18.0 Å². The van der Waals surface area contributed by atoms with Crippen molar-refractivity contribution in [2.45, 2.75) is 24.4 Å². The van der Waals surface area contributed by atoms with E-state index < -0.39 is 17.7 Å². The van der Waals surface area contributed by atoms with Crippen LogP contribution in [0.1, 0.15) is 18.6 Å². The summed E-state index contributed by atoms with van der Waals surface area (Å²) in [5.41, 5.74) is -2.03. The van der Waals surface area contributed by atoms with E-state index >= 15 is 0 Å². The van der Waals surface area contributed by atoms with E-state index in [1.807, 2.05) is 0 Å². The van der Waals surface area contributed by atoms with Crippen LogP contribution >= 0.6 is 0 Å². The van der Waals surface area contributed by atoms with Gasteiger partial charge in [-0.3, -0.25) is 0 Å². The minimum atomic E-state index is -4.44. The highest BCUT2D eigenvalue weighted by Crippen LogP contribution is 2.59. The molecule has 1 amide bonds. The molecule has 0 atom stereocenters. The first-order valence-corrected chi connectivity index (χ1v) is 6.69. The minimum Gasteiger partial charge on any atom is -0.409 e. The molecule has 1 aliphatic rings. The molecule has 122 valence electrons. The largest absolute Gasteiger partial charge is 0.435 e. The van der Waals surface area contributed by atoms with Crippen LogP contribution in [0.4, 0.5) is 23.8 Å². The third kappa shape index (κ3) is 2.74. The molecule has 23 heavy (non-hydrogen) atoms. The summed E-state index contributed by atoms with van der Waals surface area (Å²) in [5.74, 6) is 5.16. The van der Waals surface area contributed by atoms with E-state index in [4.69, 9.17) is 15.1 Å². The maximum Gasteiger partial charge on any atom is 0.435 e. The summed E-state index contributed by atoms with van der Waals surface area (Å²) in [6, 6.07) is 9.10. The third-order valence-electron chi connectivity index (χ3n) is 3.65. The van der Waals surface area contributed by atoms with Gasteiger partial charge in [-0.05, 0) is 25.0 Å². The van der Waals surface area contributed by atoms with Gasteiger partial charge < -0.3 is 9.26 Å². The van der Waals surface area contributed by atoms with E-state index in [0.29, 0.717) is 5.01 Å². The van der Waals surface area contributed by atoms with Gasteiger partial charge in [0.25, 0.3) is 0 Å². The van der Waals surface area contributed by atoms with Crippen molar-refractivity contribution in [3.63, 3.8) is 0 Å². The number of benzene rings is 1. The molecule has 0 aliphatic heterocycles. The van der Waals surface area contributed by atoms with Gasteiger partial charge in [-0.25, -0.2) is 10.6 Å². The predicted molar refractivity (Wildman–Crippen MR) is 72.6 cm³/mol. The van der Waals surface area contributed by atoms with Crippen LogP contribution in [0, 0.1) is 0 Å². The minimum absolute atomic E-state index is 0.0792. The van der Waals surface area contributed by atoms with Gasteiger partial charge in [0, 0.05) is 6.07 Å². The molecule has 1 fully saturated rings. The number of carbonyl (C=O) groups is 1. The average Bonchev–Trinajstić information content (AvgIpc) is 3.19. The third-order valence-corrected chi connectivity index (χ3v) is 3.65. The van der Waals surface area contributed by atoms with Gasteiger partial charge >= 0.3 is 12.3 Å². The molecular weight excluding hydrogens is 315 g/mol. The maximum absolute atomic E-state index is 13.0. The Morgan fingerprint density at radius 3 is 2.52 bits per heavy atom. The number of rotatable bonds is 3. The molecule has 0 spiro atoms. The standard InChI is InChI=1S/C14H12F3N3O3/c15-14(16,17)13(6-7-13)10-8-11(19-23-10)20(18)12(21)22-9-4-2-1-3-5-9/h1-5,8H,6-7,18H2. The van der Waals surface area contributed by atoms with Crippen LogP contribution in [0.15, 0.2) is 40.9 Å². The number of anilines is 1. The maximum atomic E-state index is 13.0. The number of hydrazine groups is 1. The SMILES string of the molecule is NN(C(=O)Oc1ccccc1)c1cc(C2(C(F)(F)F)CC2)on1. The van der Waals surface area contributed by atoms with Crippen molar-refractivity contribution >= 4 is 11.9 Å². The molecule has 1 aromatic carbocycles. The van der Waals surface area contributed by atoms with Gasteiger partial charge in [0.2, 0.25) is 0 Å². The summed E-state index contributed by atoms with van der Waals surface area (Å²) in [4.78, 5) is 11.9. The van der Waals surface area contributed by atoms with E-state index in [0.717, 1.165) is 6.07 Å². The van der Waals surface area contributed by atoms with Gasteiger partial charge in [0.1, 0.15) is 11.2 Å². The summed E-state index contributed by atoms with van der Waals surface area (Å²) in [5, 5.41) is 3.92. The molecular formula is C14H12F3N3O3. The molecule has 1 aliphatic carbocycles. The van der Waals surface area contributed by atoms with Gasteiger partial charge in [0.05, 0.1) is 0 Å². The zero-order chi connectivity index (χ0) is 16.7. The number of hydrogen-bond donors (Lipinski definition) is 1. The number of halogens is 3. The van der Waals surface area contributed by atoms with Crippen molar-refractivity contribution in [3.05, 3.63) is 42.2 Å². The van der Waals surface area contributed by atoms with Crippen molar-refractivity contribution < 1.29 is 27.2 Å². The molecule has 1 aromatic heterocycles. The van der Waals surface area contributed by atoms with Crippen LogP contribution in [0.2, 0.25) is 0 Å². The second-order valence-electron chi connectivity index (χ2n) is 5.18. The zero-order valence-corrected chi connectivity index (χ0v) is 11.7. The highest BCUT2D eigenvalue weighted by Gasteiger charge is 2.67. The molecule has 1 heterocycles. The highest BCUT2D eigenvalue weighted by molar-refractivity contribution is 5.86. The second-order valence-corrected chi connectivity index (χ2v) is 5.18. The summed E-state index contributed by atoms with van der Waals surface area (Å²) >= 11 is 0. The van der Waals surface area contributed by atoms with Gasteiger partial charge in [0.15, 0.2) is 11.6 Å². The number of hydrogen-bond acceptors (Lipinski definition) is 5. The van der Waals surface area contributed by atoms with Crippen LogP contribution in [0.5, 0.6) is 5.75 Å². The Morgan fingerprint density at radius 1 is 1.30 bits per heavy atom. The monoisotopic (exact) mass is 327 g/mol. The Balaban J connectivity index is 1.74. The van der Waals surface area contributed by atoms with Crippen LogP contribution in [0.25, 0.3) is 0 Å². The number of nitrogens with zero attached hydrogens (tertiary/aromatic N) is 2. The smallest absolute Gasteiger partial charge is 0.409 e. The van der Waals surface area contributed by atoms with Crippen LogP contribution in [0.3, 0.4) is 0 Å². The average molecular weight is 327 g/mol. The van der Waals surface area contributed by atoms with Gasteiger partial charge in [-0.15, -0.1) is 0 Å². The molecule has 0 radical (unpaired) electrons. The molecule has 0 saturated heterocycles. The first kappa shape index (κ1) is 15.3. The Bertz CT molecular complexity index is 711. The predicted octanol–water partition coefficient (Wildman–Crippen LogP) is 3.15. The van der Waals surface area contributed by atoms with Crippen molar-refractivity contribution in [2.24, 2.45) is 5.84 Å². The lowest BCUT2D eigenvalue weighted by Crippen LogP contribution is -2.39. The van der Waals surface area contributed by atoms with E-state index in [-0.39, 0.29) is 30.2 Å². The Morgan fingerprint density at radius 2 is 1.96 bits per heavy atom. The van der Waals surface area contributed by atoms with Crippen molar-refractivity contribution in [1.29, 1.82) is 0 Å². The fourth-order valence-electron chi connectivity index (χ4n) is 2.13. The van der Waals surface area contributed by atoms with Crippen LogP contribution < -0.4 is 15.6 Å². The van der Waals surface area contributed by atoms with Crippen LogP contribution in [-0.4, -0.2) is 17.4 Å². The molecule has 0 unspecified atom stereocenters. The molecule has 1 saturated carbocycles. The molecule has 9 heteroatoms. The quantitative estimate of drug-likeness (QED) is 0.532. The van der Waals surface area contributed by atoms with Gasteiger partial charge in [-0.2, -0.15) is 18.2 Å². The lowest BCUT2D eigenvalue weighted by atomic mass is 10.0. The first-order valence-electron chi connectivity index (χ1n) is 6.69. The topological polar surface area (TPSA) is 81.6 Å². The van der Waals surface area contributed by atoms with E-state index in [1.54, 1.807) is 18.2 Å². The van der Waals surface area contributed by atoms with E-state index in [1.165, 1.54) is 12.1 Å². The van der Waals surface area contributed by atoms with E-state index in [2.05, 4.69) is 5.16 Å². The number of aromatic nitrogens is 1. The van der Waals surface area contributed by atoms with Gasteiger partial charge in [-0.1, -0.05) is 23.4 Å². The molecule has 6 nitrogen and oxygen atoms in total. The number of alkyl halides is 3. The summed E-state index contributed by atoms with van der Waals surface area (Å²) in [6.45, 7) is 0. The number of nitrogens with two attached hydrogens (primary N) is 1. The second kappa shape index (κ2) is 5.27. The lowest BCUT2D eigenvalue weighted by Gasteiger charge is -2.15. The fraction of sp³-hybridized carbons (Fsp3) is 0.286. The Labute approximate surface area is 128 Å². The normalized spacial score (nSPS) is 16.0. The number of amides is 1. The summed E-state index contributed by atoms with van der Waals surface area (Å²) in [7, 11) is 0. The molecule has 2 aromatic rings. The first-order chi connectivity index (χ1) is 10.8. The molecule has 0 bridgehead atoms. The number of carbonyl (C=O) groups excluding carboxylic acids is 1. The zero-order valence-electron chi connectivity index (χ0n) is 11.7. The van der Waals surface area contributed by atoms with Crippen molar-refractivity contribution in [3.8, 4) is 5.75 Å². The summed E-state index contributed by atoms with van der Waals surface area (Å²) in [6.07, 6.45) is -5.59. The highest BCUT2D eigenvalue weighted by atomic mass is 19.4. The number of para-hydroxylation sites is 1. The molecule has 3 rings (SSSR count). The van der Waals surface area contributed by atoms with Crippen molar-refractivity contribution in [1.82, 2.24) is 5.16 Å². The van der Waals surface area contributed by atoms with Crippen molar-refractivity contribution in [2.75, 3.05) is 5.01 Å². The lowest BCUT2D eigenvalue weighted by molar-refractivity contribution is -0.165. The van der Waals surface area contributed by atoms with Crippen LogP contribution in [-0.2, 0) is 5.41 Å². The summed E-state index contributed by atoms with van der Waals surface area (Å²) < 4.78 is 48.7. The molecule has 2 N–H and O–H groups in total. The number of ether oxygens (including phenoxy) is 1. The Kier molecular flexibility index (Phi) is 3.52. The fourth-order valence-corrected chi connectivity index (χ4v) is 2.13.